The maximum atomic E-state index is 13.9. The first-order valence-corrected chi connectivity index (χ1v) is 12.3. The Kier molecular flexibility index (Phi) is 5.31. The van der Waals surface area contributed by atoms with Crippen LogP contribution in [0.15, 0.2) is 41.0 Å². The number of imide groups is 1. The Balaban J connectivity index is 1.74. The van der Waals surface area contributed by atoms with E-state index in [1.807, 2.05) is 19.9 Å². The number of carbonyl (C=O) groups excluding carboxylic acids is 4. The van der Waals surface area contributed by atoms with Crippen molar-refractivity contribution in [2.24, 2.45) is 29.1 Å². The normalized spacial score (nSPS) is 34.5. The Bertz CT molecular complexity index is 1240. The van der Waals surface area contributed by atoms with Crippen LogP contribution in [0.1, 0.15) is 52.0 Å². The third kappa shape index (κ3) is 3.03. The Morgan fingerprint density at radius 3 is 2.49 bits per heavy atom. The van der Waals surface area contributed by atoms with Crippen LogP contribution in [0.5, 0.6) is 11.5 Å². The summed E-state index contributed by atoms with van der Waals surface area (Å²) in [4.78, 5) is 54.8. The van der Waals surface area contributed by atoms with Gasteiger partial charge in [-0.25, -0.2) is 0 Å². The van der Waals surface area contributed by atoms with Crippen LogP contribution in [0, 0.1) is 29.1 Å². The Morgan fingerprint density at radius 2 is 1.80 bits per heavy atom. The van der Waals surface area contributed by atoms with E-state index in [0.717, 1.165) is 11.1 Å². The number of nitrogens with zero attached hydrogens (tertiary/aromatic N) is 1. The number of hydrogen-bond acceptors (Lipinski definition) is 6. The number of carbonyl (C=O) groups is 4. The number of benzene rings is 1. The van der Waals surface area contributed by atoms with Crippen LogP contribution in [0.3, 0.4) is 0 Å². The summed E-state index contributed by atoms with van der Waals surface area (Å²) in [6.45, 7) is 7.46. The summed E-state index contributed by atoms with van der Waals surface area (Å²) in [7, 11) is 1.52. The zero-order valence-electron chi connectivity index (χ0n) is 20.8. The van der Waals surface area contributed by atoms with E-state index in [-0.39, 0.29) is 35.0 Å². The van der Waals surface area contributed by atoms with Crippen LogP contribution in [0.4, 0.5) is 0 Å². The number of phenolic OH excluding ortho intramolecular Hbond substituents is 1. The van der Waals surface area contributed by atoms with Crippen LogP contribution in [0.2, 0.25) is 0 Å². The molecule has 184 valence electrons. The van der Waals surface area contributed by atoms with E-state index >= 15 is 0 Å². The first kappa shape index (κ1) is 23.5. The molecule has 4 aliphatic rings. The fourth-order valence-electron chi connectivity index (χ4n) is 7.10. The molecule has 1 saturated carbocycles. The molecule has 5 rings (SSSR count). The third-order valence-corrected chi connectivity index (χ3v) is 9.01. The molecule has 0 unspecified atom stereocenters. The number of hydrogen-bond donors (Lipinski definition) is 1. The highest BCUT2D eigenvalue weighted by atomic mass is 16.5. The van der Waals surface area contributed by atoms with Gasteiger partial charge in [-0.2, -0.15) is 0 Å². The van der Waals surface area contributed by atoms with Gasteiger partial charge in [0, 0.05) is 18.9 Å². The molecule has 0 aromatic heterocycles. The number of Topliss-reactive ketones (excluding diaryl/α,β-unsaturated/α-hetero) is 2. The van der Waals surface area contributed by atoms with Gasteiger partial charge in [0.05, 0.1) is 23.9 Å². The number of rotatable bonds is 3. The van der Waals surface area contributed by atoms with E-state index in [0.29, 0.717) is 36.3 Å². The van der Waals surface area contributed by atoms with Crippen LogP contribution in [-0.4, -0.2) is 47.0 Å². The summed E-state index contributed by atoms with van der Waals surface area (Å²) in [5.41, 5.74) is 1.59. The molecule has 1 aromatic rings. The van der Waals surface area contributed by atoms with Gasteiger partial charge in [-0.05, 0) is 68.4 Å². The lowest BCUT2D eigenvalue weighted by Crippen LogP contribution is -2.55. The summed E-state index contributed by atoms with van der Waals surface area (Å²) in [5, 5.41) is 10.3. The van der Waals surface area contributed by atoms with Gasteiger partial charge in [0.1, 0.15) is 0 Å². The molecular formula is C28H31NO6. The fraction of sp³-hybridized carbons (Fsp3) is 0.500. The SMILES string of the molecule is CCOc1cc([C@H]2C3=CC[C@@H]4C(=O)N(C)C(=O)[C@@H]4[C@@H]3C[C@H]3C(=O)C(C)=C(C)C(=O)[C@@]23C)ccc1O. The molecule has 2 fully saturated rings. The number of ether oxygens (including phenoxy) is 1. The van der Waals surface area contributed by atoms with E-state index in [1.165, 1.54) is 11.9 Å². The molecule has 0 bridgehead atoms. The largest absolute Gasteiger partial charge is 0.504 e. The lowest BCUT2D eigenvalue weighted by atomic mass is 9.46. The third-order valence-electron chi connectivity index (χ3n) is 9.01. The van der Waals surface area contributed by atoms with Crippen molar-refractivity contribution in [1.29, 1.82) is 0 Å². The van der Waals surface area contributed by atoms with Gasteiger partial charge in [0.25, 0.3) is 0 Å². The average molecular weight is 478 g/mol. The second-order valence-electron chi connectivity index (χ2n) is 10.5. The Morgan fingerprint density at radius 1 is 1.09 bits per heavy atom. The molecule has 1 N–H and O–H groups in total. The first-order chi connectivity index (χ1) is 16.5. The van der Waals surface area contributed by atoms with Gasteiger partial charge in [-0.1, -0.05) is 24.6 Å². The lowest BCUT2D eigenvalue weighted by Gasteiger charge is -2.54. The summed E-state index contributed by atoms with van der Waals surface area (Å²) < 4.78 is 5.64. The maximum Gasteiger partial charge on any atom is 0.233 e. The van der Waals surface area contributed by atoms with E-state index < -0.39 is 29.1 Å². The van der Waals surface area contributed by atoms with E-state index in [9.17, 15) is 24.3 Å². The molecule has 2 amide bonds. The van der Waals surface area contributed by atoms with Crippen LogP contribution in [0.25, 0.3) is 0 Å². The second kappa shape index (κ2) is 7.90. The number of fused-ring (bicyclic) bond motifs is 4. The minimum Gasteiger partial charge on any atom is -0.504 e. The molecule has 1 saturated heterocycles. The van der Waals surface area contributed by atoms with Crippen molar-refractivity contribution >= 4 is 23.4 Å². The molecule has 7 nitrogen and oxygen atoms in total. The summed E-state index contributed by atoms with van der Waals surface area (Å²) in [6.07, 6.45) is 2.81. The number of likely N-dealkylation sites (tertiary alicyclic amines) is 1. The molecule has 35 heavy (non-hydrogen) atoms. The highest BCUT2D eigenvalue weighted by molar-refractivity contribution is 6.16. The zero-order valence-corrected chi connectivity index (χ0v) is 20.8. The number of phenols is 1. The van der Waals surface area contributed by atoms with Gasteiger partial charge in [-0.3, -0.25) is 24.1 Å². The molecule has 1 aliphatic heterocycles. The standard InChI is InChI=1S/C28H31NO6/c1-6-35-21-11-15(7-10-20(21)30)23-16-8-9-17-22(27(34)29(5)26(17)33)18(16)12-19-24(31)13(2)14(3)25(32)28(19,23)4/h7-8,10-11,17-19,22-23,30H,6,9,12H2,1-5H3/t17-,18+,19-,22-,23-,28+/m0/s1. The first-order valence-electron chi connectivity index (χ1n) is 12.3. The van der Waals surface area contributed by atoms with Crippen molar-refractivity contribution in [2.75, 3.05) is 13.7 Å². The van der Waals surface area contributed by atoms with Crippen molar-refractivity contribution < 1.29 is 29.0 Å². The predicted octanol–water partition coefficient (Wildman–Crippen LogP) is 3.57. The number of ketones is 2. The minimum absolute atomic E-state index is 0.00138. The van der Waals surface area contributed by atoms with Crippen molar-refractivity contribution in [1.82, 2.24) is 4.90 Å². The van der Waals surface area contributed by atoms with E-state index in [1.54, 1.807) is 32.0 Å². The molecule has 3 aliphatic carbocycles. The Hall–Kier alpha value is -3.22. The molecule has 1 heterocycles. The topological polar surface area (TPSA) is 101 Å². The molecule has 7 heteroatoms. The zero-order chi connectivity index (χ0) is 25.4. The van der Waals surface area contributed by atoms with E-state index in [2.05, 4.69) is 0 Å². The molecule has 0 spiro atoms. The van der Waals surface area contributed by atoms with Crippen molar-refractivity contribution in [3.05, 3.63) is 46.6 Å². The summed E-state index contributed by atoms with van der Waals surface area (Å²) in [5.74, 6) is -2.58. The van der Waals surface area contributed by atoms with Gasteiger partial charge >= 0.3 is 0 Å². The number of amides is 2. The molecule has 0 radical (unpaired) electrons. The number of aromatic hydroxyl groups is 1. The Labute approximate surface area is 204 Å². The van der Waals surface area contributed by atoms with Gasteiger partial charge in [-0.15, -0.1) is 0 Å². The number of allylic oxidation sites excluding steroid dienone is 4. The summed E-state index contributed by atoms with van der Waals surface area (Å²) in [6, 6.07) is 5.06. The monoisotopic (exact) mass is 477 g/mol. The highest BCUT2D eigenvalue weighted by Gasteiger charge is 2.63. The van der Waals surface area contributed by atoms with E-state index in [4.69, 9.17) is 4.74 Å². The molecule has 1 aromatic carbocycles. The lowest BCUT2D eigenvalue weighted by molar-refractivity contribution is -0.142. The second-order valence-corrected chi connectivity index (χ2v) is 10.5. The quantitative estimate of drug-likeness (QED) is 0.528. The van der Waals surface area contributed by atoms with Crippen LogP contribution in [-0.2, 0) is 19.2 Å². The summed E-state index contributed by atoms with van der Waals surface area (Å²) >= 11 is 0. The molecular weight excluding hydrogens is 446 g/mol. The van der Waals surface area contributed by atoms with Crippen molar-refractivity contribution in [3.8, 4) is 11.5 Å². The van der Waals surface area contributed by atoms with Crippen LogP contribution >= 0.6 is 0 Å². The predicted molar refractivity (Wildman–Crippen MR) is 128 cm³/mol. The highest BCUT2D eigenvalue weighted by Crippen LogP contribution is 2.63. The minimum atomic E-state index is -1.05. The van der Waals surface area contributed by atoms with Gasteiger partial charge in [0.15, 0.2) is 23.1 Å². The average Bonchev–Trinajstić information content (AvgIpc) is 3.06. The maximum absolute atomic E-state index is 13.9. The van der Waals surface area contributed by atoms with Gasteiger partial charge < -0.3 is 9.84 Å². The van der Waals surface area contributed by atoms with Gasteiger partial charge in [0.2, 0.25) is 11.8 Å². The smallest absolute Gasteiger partial charge is 0.233 e. The van der Waals surface area contributed by atoms with Crippen LogP contribution < -0.4 is 4.74 Å². The molecule has 6 atom stereocenters. The fourth-order valence-corrected chi connectivity index (χ4v) is 7.10. The van der Waals surface area contributed by atoms with Crippen molar-refractivity contribution in [3.63, 3.8) is 0 Å². The van der Waals surface area contributed by atoms with Crippen molar-refractivity contribution in [2.45, 2.75) is 46.5 Å².